The maximum absolute atomic E-state index is 10.7. The highest BCUT2D eigenvalue weighted by atomic mass is 127. The maximum Gasteiger partial charge on any atom is 0.150 e. The topological polar surface area (TPSA) is 29.5 Å². The Kier molecular flexibility index (Phi) is 10.4. The summed E-state index contributed by atoms with van der Waals surface area (Å²) in [5.41, 5.74) is 0.694. The Bertz CT molecular complexity index is 389. The van der Waals surface area contributed by atoms with Gasteiger partial charge in [0.15, 0.2) is 0 Å². The van der Waals surface area contributed by atoms with Crippen molar-refractivity contribution >= 4 is 63.9 Å². The van der Waals surface area contributed by atoms with Crippen molar-refractivity contribution in [1.82, 2.24) is 4.90 Å². The number of ether oxygens (including phenoxy) is 1. The molecule has 1 aromatic carbocycles. The minimum absolute atomic E-state index is 0. The van der Waals surface area contributed by atoms with Gasteiger partial charge in [-0.2, -0.15) is 0 Å². The number of hydrogen-bond acceptors (Lipinski definition) is 3. The van der Waals surface area contributed by atoms with Gasteiger partial charge in [-0.3, -0.25) is 4.79 Å². The second-order valence-electron chi connectivity index (χ2n) is 3.81. The Morgan fingerprint density at radius 1 is 1.21 bits per heavy atom. The summed E-state index contributed by atoms with van der Waals surface area (Å²) in [6.45, 7) is 7.98. The molecule has 0 N–H and O–H groups in total. The van der Waals surface area contributed by atoms with Crippen molar-refractivity contribution < 1.29 is 9.53 Å². The molecule has 0 amide bonds. The summed E-state index contributed by atoms with van der Waals surface area (Å²) in [5.74, 6) is 0.883. The number of likely N-dealkylation sites (N-methyl/N-ethyl adjacent to an activating group) is 1. The minimum atomic E-state index is 0. The quantitative estimate of drug-likeness (QED) is 0.413. The third kappa shape index (κ3) is 6.14. The lowest BCUT2D eigenvalue weighted by atomic mass is 10.2. The molecule has 108 valence electrons. The van der Waals surface area contributed by atoms with Crippen molar-refractivity contribution in [2.24, 2.45) is 0 Å². The van der Waals surface area contributed by atoms with Gasteiger partial charge in [0, 0.05) is 12.1 Å². The lowest BCUT2D eigenvalue weighted by molar-refractivity contribution is 0.112. The van der Waals surface area contributed by atoms with Crippen LogP contribution in [0.4, 0.5) is 0 Å². The van der Waals surface area contributed by atoms with Gasteiger partial charge in [0.25, 0.3) is 0 Å². The van der Waals surface area contributed by atoms with Gasteiger partial charge in [-0.15, -0.1) is 12.4 Å². The molecule has 1 aromatic rings. The Balaban J connectivity index is 0.00000324. The molecular weight excluding hydrogens is 491 g/mol. The summed E-state index contributed by atoms with van der Waals surface area (Å²) < 4.78 is 7.80. The molecule has 1 rings (SSSR count). The van der Waals surface area contributed by atoms with Crippen LogP contribution in [0, 0.1) is 7.14 Å². The second-order valence-corrected chi connectivity index (χ2v) is 6.13. The highest BCUT2D eigenvalue weighted by molar-refractivity contribution is 14.1. The van der Waals surface area contributed by atoms with E-state index in [9.17, 15) is 4.79 Å². The molecule has 0 fully saturated rings. The van der Waals surface area contributed by atoms with Crippen molar-refractivity contribution in [2.45, 2.75) is 13.8 Å². The highest BCUT2D eigenvalue weighted by Crippen LogP contribution is 2.28. The molecule has 0 heterocycles. The van der Waals surface area contributed by atoms with E-state index in [2.05, 4.69) is 63.9 Å². The first-order valence-corrected chi connectivity index (χ1v) is 8.07. The maximum atomic E-state index is 10.7. The third-order valence-electron chi connectivity index (χ3n) is 2.71. The number of hydrogen-bond donors (Lipinski definition) is 0. The number of rotatable bonds is 7. The zero-order valence-corrected chi connectivity index (χ0v) is 16.1. The molecule has 3 nitrogen and oxygen atoms in total. The standard InChI is InChI=1S/C13H17I2NO2.ClH/c1-3-16(4-2)5-6-18-13-11(14)7-10(9-17)8-12(13)15;/h7-9H,3-6H2,1-2H3;1H. The first kappa shape index (κ1) is 19.4. The molecule has 0 bridgehead atoms. The van der Waals surface area contributed by atoms with E-state index in [0.29, 0.717) is 12.2 Å². The van der Waals surface area contributed by atoms with Gasteiger partial charge in [-0.25, -0.2) is 0 Å². The van der Waals surface area contributed by atoms with Gasteiger partial charge in [0.05, 0.1) is 7.14 Å². The minimum Gasteiger partial charge on any atom is -0.490 e. The average Bonchev–Trinajstić information content (AvgIpc) is 2.37. The van der Waals surface area contributed by atoms with E-state index in [0.717, 1.165) is 38.8 Å². The van der Waals surface area contributed by atoms with Crippen LogP contribution in [0.15, 0.2) is 12.1 Å². The summed E-state index contributed by atoms with van der Waals surface area (Å²) in [5, 5.41) is 0. The molecule has 0 aliphatic heterocycles. The van der Waals surface area contributed by atoms with E-state index in [1.165, 1.54) is 0 Å². The number of halogens is 3. The van der Waals surface area contributed by atoms with Crippen LogP contribution >= 0.6 is 57.6 Å². The first-order chi connectivity index (χ1) is 8.62. The molecule has 0 aliphatic rings. The van der Waals surface area contributed by atoms with E-state index >= 15 is 0 Å². The van der Waals surface area contributed by atoms with Gasteiger partial charge in [0.1, 0.15) is 18.6 Å². The van der Waals surface area contributed by atoms with Gasteiger partial charge in [-0.05, 0) is 70.4 Å². The fraction of sp³-hybridized carbons (Fsp3) is 0.462. The van der Waals surface area contributed by atoms with Crippen LogP contribution in [0.2, 0.25) is 0 Å². The molecule has 0 spiro atoms. The number of carbonyl (C=O) groups excluding carboxylic acids is 1. The van der Waals surface area contributed by atoms with Crippen LogP contribution in [-0.2, 0) is 0 Å². The number of nitrogens with zero attached hydrogens (tertiary/aromatic N) is 1. The number of aldehydes is 1. The predicted molar refractivity (Wildman–Crippen MR) is 97.8 cm³/mol. The Morgan fingerprint density at radius 2 is 1.74 bits per heavy atom. The lowest BCUT2D eigenvalue weighted by Gasteiger charge is -2.19. The molecule has 0 aromatic heterocycles. The van der Waals surface area contributed by atoms with Crippen molar-refractivity contribution in [3.8, 4) is 5.75 Å². The van der Waals surface area contributed by atoms with Crippen molar-refractivity contribution in [3.63, 3.8) is 0 Å². The van der Waals surface area contributed by atoms with Crippen LogP contribution in [0.25, 0.3) is 0 Å². The van der Waals surface area contributed by atoms with E-state index in [4.69, 9.17) is 4.74 Å². The van der Waals surface area contributed by atoms with Crippen LogP contribution < -0.4 is 4.74 Å². The average molecular weight is 510 g/mol. The second kappa shape index (κ2) is 10.2. The van der Waals surface area contributed by atoms with Gasteiger partial charge in [-0.1, -0.05) is 13.8 Å². The summed E-state index contributed by atoms with van der Waals surface area (Å²) in [4.78, 5) is 13.1. The SMILES string of the molecule is CCN(CC)CCOc1c(I)cc(C=O)cc1I.Cl. The Labute approximate surface area is 148 Å². The fourth-order valence-corrected chi connectivity index (χ4v) is 3.73. The molecular formula is C13H18ClI2NO2. The summed E-state index contributed by atoms with van der Waals surface area (Å²) >= 11 is 4.42. The van der Waals surface area contributed by atoms with Gasteiger partial charge >= 0.3 is 0 Å². The van der Waals surface area contributed by atoms with E-state index in [1.807, 2.05) is 12.1 Å². The monoisotopic (exact) mass is 509 g/mol. The lowest BCUT2D eigenvalue weighted by Crippen LogP contribution is -2.28. The Morgan fingerprint density at radius 3 is 2.16 bits per heavy atom. The molecule has 0 saturated carbocycles. The predicted octanol–water partition coefficient (Wildman–Crippen LogP) is 3.85. The van der Waals surface area contributed by atoms with Gasteiger partial charge in [0.2, 0.25) is 0 Å². The van der Waals surface area contributed by atoms with Gasteiger partial charge < -0.3 is 9.64 Å². The first-order valence-electron chi connectivity index (χ1n) is 5.91. The van der Waals surface area contributed by atoms with Crippen molar-refractivity contribution in [2.75, 3.05) is 26.2 Å². The number of carbonyl (C=O) groups is 1. The van der Waals surface area contributed by atoms with Crippen molar-refractivity contribution in [1.29, 1.82) is 0 Å². The normalized spacial score (nSPS) is 10.2. The van der Waals surface area contributed by atoms with Crippen molar-refractivity contribution in [3.05, 3.63) is 24.8 Å². The van der Waals surface area contributed by atoms with E-state index < -0.39 is 0 Å². The van der Waals surface area contributed by atoms with E-state index in [-0.39, 0.29) is 12.4 Å². The van der Waals surface area contributed by atoms with Crippen LogP contribution in [0.3, 0.4) is 0 Å². The Hall–Kier alpha value is 0.400. The summed E-state index contributed by atoms with van der Waals surface area (Å²) in [6.07, 6.45) is 0.865. The molecule has 19 heavy (non-hydrogen) atoms. The summed E-state index contributed by atoms with van der Waals surface area (Å²) in [7, 11) is 0. The highest BCUT2D eigenvalue weighted by Gasteiger charge is 2.09. The molecule has 0 saturated heterocycles. The van der Waals surface area contributed by atoms with Crippen LogP contribution in [0.1, 0.15) is 24.2 Å². The zero-order valence-electron chi connectivity index (χ0n) is 11.0. The smallest absolute Gasteiger partial charge is 0.150 e. The molecule has 0 aliphatic carbocycles. The summed E-state index contributed by atoms with van der Waals surface area (Å²) in [6, 6.07) is 3.70. The van der Waals surface area contributed by atoms with Crippen LogP contribution in [-0.4, -0.2) is 37.4 Å². The molecule has 0 atom stereocenters. The number of benzene rings is 1. The van der Waals surface area contributed by atoms with Crippen LogP contribution in [0.5, 0.6) is 5.75 Å². The zero-order chi connectivity index (χ0) is 13.5. The third-order valence-corrected chi connectivity index (χ3v) is 4.31. The molecule has 0 radical (unpaired) electrons. The largest absolute Gasteiger partial charge is 0.490 e. The molecule has 6 heteroatoms. The fourth-order valence-electron chi connectivity index (χ4n) is 1.60. The van der Waals surface area contributed by atoms with E-state index in [1.54, 1.807) is 0 Å². The molecule has 0 unspecified atom stereocenters.